The summed E-state index contributed by atoms with van der Waals surface area (Å²) in [6.07, 6.45) is 4.45. The number of aryl methyl sites for hydroxylation is 1. The second-order valence-electron chi connectivity index (χ2n) is 14.2. The number of benzene rings is 5. The summed E-state index contributed by atoms with van der Waals surface area (Å²) in [6, 6.07) is 45.1. The van der Waals surface area contributed by atoms with E-state index >= 15 is 0 Å². The summed E-state index contributed by atoms with van der Waals surface area (Å²) in [5.74, 6) is 2.64. The molecule has 9 heterocycles. The molecule has 0 bridgehead atoms. The zero-order valence-electron chi connectivity index (χ0n) is 26.8. The standard InChI is InChI=1S/C42H25N6OSi/c1-44-29-16-4-5-17-30(29)47-41(44)28-14-8-18-31-38(28)48(47)39-37-35(23-43-40(39)49-31)50(32-19-6-2-11-24(32)25-12-3-7-20-33(25)50)34-21-9-13-26-27-15-10-22-45(48)42(27)46(37)36(26)34/h2-23H,1H3/q+3. The molecule has 4 aromatic heterocycles. The fourth-order valence-electron chi connectivity index (χ4n) is 10.8. The highest BCUT2D eigenvalue weighted by Crippen LogP contribution is 2.59. The third-order valence-corrected chi connectivity index (χ3v) is 17.2. The molecular formula is C42H25N6OSi+3. The number of imidazole rings is 1. The van der Waals surface area contributed by atoms with Gasteiger partial charge in [0.2, 0.25) is 11.2 Å². The summed E-state index contributed by atoms with van der Waals surface area (Å²) < 4.78 is 17.2. The first-order chi connectivity index (χ1) is 24.8. The van der Waals surface area contributed by atoms with Gasteiger partial charge in [0.25, 0.3) is 11.6 Å². The predicted octanol–water partition coefficient (Wildman–Crippen LogP) is 4.88. The Morgan fingerprint density at radius 1 is 0.680 bits per heavy atom. The van der Waals surface area contributed by atoms with Crippen molar-refractivity contribution in [1.82, 2.24) is 18.8 Å². The SMILES string of the molecule is Cn1c2[n+](c3ccccc31)[N+]13c4c(cccc4-2)Oc2ncc4c(c21)-n1c2c(cccc2c2ccc[n+]3c21)[Si]41c2ccccc2-c2ccccc21. The molecule has 2 spiro atoms. The third-order valence-electron chi connectivity index (χ3n) is 12.3. The van der Waals surface area contributed by atoms with E-state index < -0.39 is 8.07 Å². The quantitative estimate of drug-likeness (QED) is 0.133. The minimum Gasteiger partial charge on any atom is -0.427 e. The molecule has 0 amide bonds. The van der Waals surface area contributed by atoms with Crippen LogP contribution >= 0.6 is 0 Å². The number of hydrogen-bond donors (Lipinski definition) is 0. The Kier molecular flexibility index (Phi) is 3.76. The van der Waals surface area contributed by atoms with Gasteiger partial charge in [-0.05, 0) is 68.6 Å². The van der Waals surface area contributed by atoms with Crippen molar-refractivity contribution in [3.8, 4) is 39.8 Å². The van der Waals surface area contributed by atoms with Crippen molar-refractivity contribution in [2.24, 2.45) is 7.05 Å². The maximum atomic E-state index is 6.97. The summed E-state index contributed by atoms with van der Waals surface area (Å²) in [6.45, 7) is 0. The first kappa shape index (κ1) is 24.7. The average Bonchev–Trinajstić information content (AvgIpc) is 3.86. The number of nitrogens with zero attached hydrogens (tertiary/aromatic N) is 6. The Balaban J connectivity index is 1.32. The van der Waals surface area contributed by atoms with Crippen molar-refractivity contribution < 1.29 is 14.1 Å². The number of rotatable bonds is 0. The zero-order valence-corrected chi connectivity index (χ0v) is 27.8. The summed E-state index contributed by atoms with van der Waals surface area (Å²) >= 11 is 0. The van der Waals surface area contributed by atoms with Gasteiger partial charge >= 0.3 is 17.2 Å². The van der Waals surface area contributed by atoms with E-state index in [1.54, 1.807) is 0 Å². The lowest BCUT2D eigenvalue weighted by Gasteiger charge is -2.39. The fraction of sp³-hybridized carbons (Fsp3) is 0.0238. The van der Waals surface area contributed by atoms with E-state index in [2.05, 4.69) is 159 Å². The molecule has 0 saturated heterocycles. The second kappa shape index (κ2) is 7.60. The lowest BCUT2D eigenvalue weighted by atomic mass is 10.1. The first-order valence-corrected chi connectivity index (χ1v) is 19.2. The third kappa shape index (κ3) is 2.18. The Bertz CT molecular complexity index is 3130. The van der Waals surface area contributed by atoms with Crippen LogP contribution in [0.3, 0.4) is 0 Å². The van der Waals surface area contributed by atoms with Crippen LogP contribution in [0.5, 0.6) is 11.6 Å². The van der Waals surface area contributed by atoms with E-state index in [0.717, 1.165) is 28.5 Å². The lowest BCUT2D eigenvalue weighted by Crippen LogP contribution is -2.85. The number of aromatic nitrogens is 5. The van der Waals surface area contributed by atoms with Gasteiger partial charge in [-0.15, -0.1) is 0 Å². The minimum atomic E-state index is -2.87. The van der Waals surface area contributed by atoms with Crippen molar-refractivity contribution in [3.05, 3.63) is 134 Å². The maximum absolute atomic E-state index is 6.97. The molecule has 0 aliphatic carbocycles. The van der Waals surface area contributed by atoms with Gasteiger partial charge in [0.15, 0.2) is 25.5 Å². The highest BCUT2D eigenvalue weighted by atomic mass is 28.3. The van der Waals surface area contributed by atoms with Crippen LogP contribution in [0.2, 0.25) is 0 Å². The smallest absolute Gasteiger partial charge is 0.352 e. The van der Waals surface area contributed by atoms with Gasteiger partial charge in [-0.3, -0.25) is 0 Å². The predicted molar refractivity (Wildman–Crippen MR) is 196 cm³/mol. The minimum absolute atomic E-state index is 0.310. The van der Waals surface area contributed by atoms with Crippen molar-refractivity contribution in [1.29, 1.82) is 0 Å². The molecule has 0 fully saturated rings. The van der Waals surface area contributed by atoms with Gasteiger partial charge < -0.3 is 4.74 Å². The molecule has 1 unspecified atom stereocenters. The van der Waals surface area contributed by atoms with Gasteiger partial charge in [0.05, 0.1) is 17.1 Å². The van der Waals surface area contributed by atoms with Crippen molar-refractivity contribution >= 4 is 73.2 Å². The largest absolute Gasteiger partial charge is 0.427 e. The van der Waals surface area contributed by atoms with Gasteiger partial charge in [-0.25, -0.2) is 9.55 Å². The summed E-state index contributed by atoms with van der Waals surface area (Å²) in [4.78, 5) is 5.39. The summed E-state index contributed by atoms with van der Waals surface area (Å²) in [5.41, 5.74) is 12.1. The fourth-order valence-corrected chi connectivity index (χ4v) is 16.3. The molecule has 9 aromatic rings. The van der Waals surface area contributed by atoms with Crippen LogP contribution in [0.4, 0.5) is 11.4 Å². The molecule has 0 N–H and O–H groups in total. The molecular weight excluding hydrogens is 633 g/mol. The van der Waals surface area contributed by atoms with Gasteiger partial charge in [-0.1, -0.05) is 78.9 Å². The van der Waals surface area contributed by atoms with E-state index in [1.165, 1.54) is 70.6 Å². The number of ether oxygens (including phenoxy) is 1. The van der Waals surface area contributed by atoms with Crippen molar-refractivity contribution in [2.45, 2.75) is 0 Å². The Labute approximate surface area is 285 Å². The van der Waals surface area contributed by atoms with Crippen LogP contribution in [0.1, 0.15) is 0 Å². The van der Waals surface area contributed by atoms with Crippen molar-refractivity contribution in [3.63, 3.8) is 0 Å². The summed E-state index contributed by atoms with van der Waals surface area (Å²) in [7, 11) is -0.680. The number of para-hydroxylation sites is 4. The number of hydrogen-bond acceptors (Lipinski definition) is 2. The highest BCUT2D eigenvalue weighted by Gasteiger charge is 2.72. The zero-order chi connectivity index (χ0) is 32.2. The molecule has 8 heteroatoms. The Hall–Kier alpha value is -6.35. The summed E-state index contributed by atoms with van der Waals surface area (Å²) in [5, 5.41) is 8.15. The van der Waals surface area contributed by atoms with Crippen LogP contribution in [0.15, 0.2) is 134 Å². The van der Waals surface area contributed by atoms with Gasteiger partial charge in [-0.2, -0.15) is 4.57 Å². The first-order valence-electron chi connectivity index (χ1n) is 17.2. The van der Waals surface area contributed by atoms with Crippen LogP contribution < -0.4 is 39.5 Å². The Morgan fingerprint density at radius 3 is 2.26 bits per heavy atom. The molecule has 1 atom stereocenters. The van der Waals surface area contributed by atoms with E-state index in [9.17, 15) is 0 Å². The lowest BCUT2D eigenvalue weighted by molar-refractivity contribution is -1.01. The average molecular weight is 658 g/mol. The van der Waals surface area contributed by atoms with Gasteiger partial charge in [0, 0.05) is 26.6 Å². The molecule has 5 aliphatic rings. The van der Waals surface area contributed by atoms with Crippen molar-refractivity contribution in [2.75, 3.05) is 0 Å². The van der Waals surface area contributed by atoms with Gasteiger partial charge in [0.1, 0.15) is 11.1 Å². The van der Waals surface area contributed by atoms with Crippen LogP contribution in [-0.4, -0.2) is 22.2 Å². The highest BCUT2D eigenvalue weighted by molar-refractivity contribution is 7.23. The van der Waals surface area contributed by atoms with E-state index in [1.807, 2.05) is 0 Å². The molecule has 5 aliphatic heterocycles. The molecule has 7 nitrogen and oxygen atoms in total. The topological polar surface area (TPSA) is 39.7 Å². The Morgan fingerprint density at radius 2 is 1.40 bits per heavy atom. The molecule has 14 rings (SSSR count). The van der Waals surface area contributed by atoms with E-state index in [-0.39, 0.29) is 0 Å². The molecule has 230 valence electrons. The second-order valence-corrected chi connectivity index (χ2v) is 17.8. The maximum Gasteiger partial charge on any atom is 0.352 e. The molecule has 5 aromatic carbocycles. The monoisotopic (exact) mass is 657 g/mol. The number of pyridine rings is 2. The molecule has 0 saturated carbocycles. The number of quaternary nitrogens is 1. The number of fused-ring (bicyclic) bond motifs is 12. The normalized spacial score (nSPS) is 18.1. The molecule has 50 heavy (non-hydrogen) atoms. The van der Waals surface area contributed by atoms with Crippen LogP contribution in [-0.2, 0) is 7.05 Å². The van der Waals surface area contributed by atoms with Crippen LogP contribution in [0, 0.1) is 0 Å². The molecule has 0 radical (unpaired) electrons. The van der Waals surface area contributed by atoms with E-state index in [4.69, 9.17) is 9.72 Å². The van der Waals surface area contributed by atoms with E-state index in [0.29, 0.717) is 10.6 Å². The van der Waals surface area contributed by atoms with Crippen LogP contribution in [0.25, 0.3) is 61.2 Å².